The second-order valence-corrected chi connectivity index (χ2v) is 8.30. The topological polar surface area (TPSA) is 138 Å². The number of hydrazine groups is 1. The van der Waals surface area contributed by atoms with Crippen LogP contribution in [0.2, 0.25) is 5.02 Å². The van der Waals surface area contributed by atoms with Gasteiger partial charge in [-0.2, -0.15) is 0 Å². The predicted molar refractivity (Wildman–Crippen MR) is 124 cm³/mol. The van der Waals surface area contributed by atoms with E-state index in [0.717, 1.165) is 17.5 Å². The number of nitrogens with zero attached hydrogens (tertiary/aromatic N) is 1. The summed E-state index contributed by atoms with van der Waals surface area (Å²) in [6.07, 6.45) is 2.74. The molecular formula is C23H25ClN4O6. The van der Waals surface area contributed by atoms with Gasteiger partial charge in [-0.25, -0.2) is 5.84 Å². The highest BCUT2D eigenvalue weighted by Crippen LogP contribution is 2.42. The number of anilines is 1. The fourth-order valence-corrected chi connectivity index (χ4v) is 4.38. The average Bonchev–Trinajstić information content (AvgIpc) is 3.29. The summed E-state index contributed by atoms with van der Waals surface area (Å²) in [4.78, 5) is 23.8. The molecule has 4 rings (SSSR count). The van der Waals surface area contributed by atoms with Gasteiger partial charge in [-0.3, -0.25) is 14.6 Å². The maximum atomic E-state index is 13.0. The van der Waals surface area contributed by atoms with E-state index >= 15 is 0 Å². The van der Waals surface area contributed by atoms with Crippen LogP contribution in [0.5, 0.6) is 17.2 Å². The molecule has 0 fully saturated rings. The molecule has 0 bridgehead atoms. The van der Waals surface area contributed by atoms with E-state index in [1.165, 1.54) is 18.3 Å². The molecule has 1 aliphatic heterocycles. The number of hydrogen-bond acceptors (Lipinski definition) is 9. The molecule has 0 saturated carbocycles. The van der Waals surface area contributed by atoms with Crippen LogP contribution >= 0.6 is 11.6 Å². The van der Waals surface area contributed by atoms with Gasteiger partial charge in [0.25, 0.3) is 12.4 Å². The fraction of sp³-hybridized carbons (Fsp3) is 0.304. The number of ether oxygens (including phenoxy) is 4. The predicted octanol–water partition coefficient (Wildman–Crippen LogP) is 2.15. The minimum atomic E-state index is -0.526. The highest BCUT2D eigenvalue weighted by atomic mass is 35.5. The minimum absolute atomic E-state index is 0.114. The molecule has 34 heavy (non-hydrogen) atoms. The standard InChI is InChI=1S/C23H25ClN4O6/c1-31-19-5-4-15(7-17(19)24)28(26)9-18(25)23(30)27-22-14(10-32-11-29)3-2-13-6-20-21(8-16(13)22)34-12-33-20/h4-9,11,14,22H,2-3,10,12,25-26H2,1H3,(H,27,30)/b18-9-. The molecule has 0 saturated heterocycles. The Kier molecular flexibility index (Phi) is 6.99. The van der Waals surface area contributed by atoms with Crippen molar-refractivity contribution in [2.24, 2.45) is 17.5 Å². The van der Waals surface area contributed by atoms with Crippen molar-refractivity contribution in [1.29, 1.82) is 0 Å². The molecule has 10 nitrogen and oxygen atoms in total. The number of hydrogen-bond donors (Lipinski definition) is 3. The van der Waals surface area contributed by atoms with E-state index in [9.17, 15) is 9.59 Å². The zero-order valence-corrected chi connectivity index (χ0v) is 19.2. The fourth-order valence-electron chi connectivity index (χ4n) is 4.13. The Morgan fingerprint density at radius 1 is 1.29 bits per heavy atom. The Labute approximate surface area is 201 Å². The van der Waals surface area contributed by atoms with Gasteiger partial charge >= 0.3 is 0 Å². The number of benzene rings is 2. The Hall–Kier alpha value is -3.63. The van der Waals surface area contributed by atoms with Gasteiger partial charge in [-0.05, 0) is 54.3 Å². The zero-order chi connectivity index (χ0) is 24.2. The quantitative estimate of drug-likeness (QED) is 0.221. The number of aryl methyl sites for hydroxylation is 1. The van der Waals surface area contributed by atoms with E-state index < -0.39 is 11.9 Å². The van der Waals surface area contributed by atoms with E-state index in [0.29, 0.717) is 40.9 Å². The first-order valence-corrected chi connectivity index (χ1v) is 10.9. The van der Waals surface area contributed by atoms with Gasteiger partial charge in [0.05, 0.1) is 30.5 Å². The third kappa shape index (κ3) is 4.82. The number of rotatable bonds is 8. The van der Waals surface area contributed by atoms with Gasteiger partial charge in [0.15, 0.2) is 11.5 Å². The van der Waals surface area contributed by atoms with E-state index in [1.54, 1.807) is 18.2 Å². The molecule has 2 aromatic rings. The maximum Gasteiger partial charge on any atom is 0.293 e. The van der Waals surface area contributed by atoms with E-state index in [4.69, 9.17) is 42.1 Å². The van der Waals surface area contributed by atoms with Crippen LogP contribution in [-0.4, -0.2) is 32.9 Å². The Bertz CT molecular complexity index is 1120. The van der Waals surface area contributed by atoms with Crippen LogP contribution in [0.1, 0.15) is 23.6 Å². The van der Waals surface area contributed by atoms with Crippen molar-refractivity contribution < 1.29 is 28.5 Å². The lowest BCUT2D eigenvalue weighted by Gasteiger charge is -2.34. The Balaban J connectivity index is 1.55. The summed E-state index contributed by atoms with van der Waals surface area (Å²) in [5.74, 6) is 7.16. The van der Waals surface area contributed by atoms with Crippen molar-refractivity contribution in [3.05, 3.63) is 58.4 Å². The molecule has 1 aliphatic carbocycles. The third-order valence-electron chi connectivity index (χ3n) is 5.86. The second kappa shape index (κ2) is 10.1. The molecule has 1 amide bonds. The van der Waals surface area contributed by atoms with Gasteiger partial charge < -0.3 is 30.0 Å². The number of nitrogens with two attached hydrogens (primary N) is 2. The molecule has 0 spiro atoms. The Morgan fingerprint density at radius 3 is 2.76 bits per heavy atom. The van der Waals surface area contributed by atoms with Gasteiger partial charge in [0.2, 0.25) is 6.79 Å². The highest BCUT2D eigenvalue weighted by Gasteiger charge is 2.34. The number of fused-ring (bicyclic) bond motifs is 2. The molecular weight excluding hydrogens is 464 g/mol. The van der Waals surface area contributed by atoms with Crippen molar-refractivity contribution >= 4 is 29.7 Å². The first kappa shape index (κ1) is 23.5. The molecule has 180 valence electrons. The monoisotopic (exact) mass is 488 g/mol. The normalized spacial score (nSPS) is 18.6. The van der Waals surface area contributed by atoms with Crippen molar-refractivity contribution in [1.82, 2.24) is 5.32 Å². The zero-order valence-electron chi connectivity index (χ0n) is 18.5. The summed E-state index contributed by atoms with van der Waals surface area (Å²) in [6.45, 7) is 0.693. The lowest BCUT2D eigenvalue weighted by atomic mass is 9.79. The summed E-state index contributed by atoms with van der Waals surface area (Å²) in [6, 6.07) is 8.24. The number of methoxy groups -OCH3 is 1. The number of nitrogens with one attached hydrogen (secondary N) is 1. The Morgan fingerprint density at radius 2 is 2.06 bits per heavy atom. The number of halogens is 1. The SMILES string of the molecule is COc1ccc(N(N)/C=C(\N)C(=O)NC2c3cc4c(cc3CCC2COC=O)OCO4)cc1Cl. The van der Waals surface area contributed by atoms with Crippen LogP contribution in [0.3, 0.4) is 0 Å². The summed E-state index contributed by atoms with van der Waals surface area (Å²) >= 11 is 6.15. The maximum absolute atomic E-state index is 13.0. The molecule has 11 heteroatoms. The highest BCUT2D eigenvalue weighted by molar-refractivity contribution is 6.32. The molecule has 5 N–H and O–H groups in total. The van der Waals surface area contributed by atoms with Crippen molar-refractivity contribution in [3.63, 3.8) is 0 Å². The van der Waals surface area contributed by atoms with Gasteiger partial charge in [-0.1, -0.05) is 11.6 Å². The van der Waals surface area contributed by atoms with E-state index in [1.807, 2.05) is 12.1 Å². The smallest absolute Gasteiger partial charge is 0.293 e. The van der Waals surface area contributed by atoms with Crippen LogP contribution in [-0.2, 0) is 20.7 Å². The van der Waals surface area contributed by atoms with Crippen molar-refractivity contribution in [3.8, 4) is 17.2 Å². The lowest BCUT2D eigenvalue weighted by Crippen LogP contribution is -2.41. The molecule has 2 unspecified atom stereocenters. The summed E-state index contributed by atoms with van der Waals surface area (Å²) in [5, 5.41) is 4.52. The molecule has 0 radical (unpaired) electrons. The second-order valence-electron chi connectivity index (χ2n) is 7.89. The molecule has 0 aromatic heterocycles. The number of amides is 1. The van der Waals surface area contributed by atoms with Gasteiger partial charge in [-0.15, -0.1) is 0 Å². The first-order valence-electron chi connectivity index (χ1n) is 10.5. The van der Waals surface area contributed by atoms with E-state index in [-0.39, 0.29) is 25.0 Å². The summed E-state index contributed by atoms with van der Waals surface area (Å²) in [5.41, 5.74) is 8.34. The van der Waals surface area contributed by atoms with E-state index in [2.05, 4.69) is 5.32 Å². The van der Waals surface area contributed by atoms with Crippen molar-refractivity contribution in [2.75, 3.05) is 25.5 Å². The van der Waals surface area contributed by atoms with Crippen LogP contribution in [0.4, 0.5) is 5.69 Å². The largest absolute Gasteiger partial charge is 0.495 e. The summed E-state index contributed by atoms with van der Waals surface area (Å²) < 4.78 is 21.1. The van der Waals surface area contributed by atoms with Gasteiger partial charge in [0.1, 0.15) is 11.4 Å². The van der Waals surface area contributed by atoms with Crippen molar-refractivity contribution in [2.45, 2.75) is 18.9 Å². The minimum Gasteiger partial charge on any atom is -0.495 e. The van der Waals surface area contributed by atoms with Gasteiger partial charge in [0, 0.05) is 12.1 Å². The molecule has 1 heterocycles. The lowest BCUT2D eigenvalue weighted by molar-refractivity contribution is -0.130. The number of carbonyl (C=O) groups is 2. The summed E-state index contributed by atoms with van der Waals surface area (Å²) in [7, 11) is 1.51. The van der Waals surface area contributed by atoms with Crippen LogP contribution in [0, 0.1) is 5.92 Å². The van der Waals surface area contributed by atoms with Crippen LogP contribution < -0.4 is 36.1 Å². The molecule has 2 aliphatic rings. The van der Waals surface area contributed by atoms with Crippen LogP contribution in [0.25, 0.3) is 0 Å². The average molecular weight is 489 g/mol. The number of carbonyl (C=O) groups excluding carboxylic acids is 2. The first-order chi connectivity index (χ1) is 16.4. The molecule has 2 atom stereocenters. The van der Waals surface area contributed by atoms with Crippen LogP contribution in [0.15, 0.2) is 42.2 Å². The molecule has 2 aromatic carbocycles. The third-order valence-corrected chi connectivity index (χ3v) is 6.16.